The maximum Gasteiger partial charge on any atom is 0.280 e. The van der Waals surface area contributed by atoms with Crippen molar-refractivity contribution < 1.29 is 9.53 Å². The van der Waals surface area contributed by atoms with E-state index in [1.165, 1.54) is 6.21 Å². The summed E-state index contributed by atoms with van der Waals surface area (Å²) in [6.45, 7) is 1.65. The van der Waals surface area contributed by atoms with Crippen LogP contribution in [0.2, 0.25) is 5.15 Å². The second kappa shape index (κ2) is 8.29. The topological polar surface area (TPSA) is 63.6 Å². The predicted octanol–water partition coefficient (Wildman–Crippen LogP) is 4.57. The van der Waals surface area contributed by atoms with Gasteiger partial charge in [0.25, 0.3) is 5.91 Å². The van der Waals surface area contributed by atoms with Crippen molar-refractivity contribution in [1.29, 1.82) is 0 Å². The van der Waals surface area contributed by atoms with Gasteiger partial charge in [-0.05, 0) is 43.3 Å². The maximum absolute atomic E-state index is 12.1. The number of carbonyl (C=O) groups is 1. The first kappa shape index (κ1) is 18.4. The van der Waals surface area contributed by atoms with Crippen LogP contribution in [0.5, 0.6) is 5.75 Å². The van der Waals surface area contributed by atoms with Crippen LogP contribution in [0, 0.1) is 0 Å². The van der Waals surface area contributed by atoms with Crippen LogP contribution < -0.4 is 10.2 Å². The molecule has 0 saturated heterocycles. The summed E-state index contributed by atoms with van der Waals surface area (Å²) in [6, 6.07) is 16.7. The molecule has 26 heavy (non-hydrogen) atoms. The highest BCUT2D eigenvalue weighted by atomic mass is 79.9. The smallest absolute Gasteiger partial charge is 0.280 e. The molecule has 5 nitrogen and oxygen atoms in total. The van der Waals surface area contributed by atoms with Gasteiger partial charge in [0.1, 0.15) is 10.9 Å². The van der Waals surface area contributed by atoms with Crippen LogP contribution in [0.1, 0.15) is 12.5 Å². The molecule has 132 valence electrons. The number of para-hydroxylation sites is 1. The fourth-order valence-corrected chi connectivity index (χ4v) is 2.69. The molecule has 1 N–H and O–H groups in total. The summed E-state index contributed by atoms with van der Waals surface area (Å²) in [4.78, 5) is 16.4. The van der Waals surface area contributed by atoms with Crippen LogP contribution in [0.4, 0.5) is 0 Å². The molecule has 0 radical (unpaired) electrons. The summed E-state index contributed by atoms with van der Waals surface area (Å²) in [6.07, 6.45) is 0.768. The van der Waals surface area contributed by atoms with Crippen LogP contribution in [0.25, 0.3) is 10.9 Å². The van der Waals surface area contributed by atoms with Crippen LogP contribution in [0.3, 0.4) is 0 Å². The highest BCUT2D eigenvalue weighted by Gasteiger charge is 2.14. The number of hydrazone groups is 1. The maximum atomic E-state index is 12.1. The summed E-state index contributed by atoms with van der Waals surface area (Å²) in [5.41, 5.74) is 3.87. The summed E-state index contributed by atoms with van der Waals surface area (Å²) >= 11 is 9.51. The zero-order chi connectivity index (χ0) is 18.5. The van der Waals surface area contributed by atoms with E-state index in [-0.39, 0.29) is 5.91 Å². The number of hydrogen-bond donors (Lipinski definition) is 1. The number of nitrogens with one attached hydrogen (secondary N) is 1. The van der Waals surface area contributed by atoms with Crippen LogP contribution in [0.15, 0.2) is 64.2 Å². The van der Waals surface area contributed by atoms with E-state index in [0.717, 1.165) is 15.4 Å². The van der Waals surface area contributed by atoms with Gasteiger partial charge in [0.2, 0.25) is 0 Å². The minimum atomic E-state index is -0.696. The number of nitrogens with zero attached hydrogens (tertiary/aromatic N) is 2. The predicted molar refractivity (Wildman–Crippen MR) is 107 cm³/mol. The lowest BCUT2D eigenvalue weighted by Gasteiger charge is -2.12. The molecule has 0 spiro atoms. The lowest BCUT2D eigenvalue weighted by molar-refractivity contribution is -0.127. The fourth-order valence-electron chi connectivity index (χ4n) is 2.23. The second-order valence-corrected chi connectivity index (χ2v) is 6.78. The lowest BCUT2D eigenvalue weighted by Crippen LogP contribution is -2.33. The zero-order valence-corrected chi connectivity index (χ0v) is 16.2. The molecule has 7 heteroatoms. The van der Waals surface area contributed by atoms with Crippen LogP contribution >= 0.6 is 27.5 Å². The first-order chi connectivity index (χ1) is 12.5. The van der Waals surface area contributed by atoms with Gasteiger partial charge in [0, 0.05) is 15.4 Å². The van der Waals surface area contributed by atoms with E-state index < -0.39 is 6.10 Å². The third-order valence-electron chi connectivity index (χ3n) is 3.58. The van der Waals surface area contributed by atoms with Crippen molar-refractivity contribution >= 4 is 50.6 Å². The second-order valence-electron chi connectivity index (χ2n) is 5.51. The third kappa shape index (κ3) is 4.59. The Bertz CT molecular complexity index is 961. The van der Waals surface area contributed by atoms with Crippen molar-refractivity contribution in [3.8, 4) is 5.75 Å². The SMILES string of the molecule is CC(Oc1ccc(Br)cc1)C(=O)NN=Cc1cc2ccccc2nc1Cl. The first-order valence-corrected chi connectivity index (χ1v) is 9.00. The van der Waals surface area contributed by atoms with Gasteiger partial charge in [0.05, 0.1) is 11.7 Å². The van der Waals surface area contributed by atoms with Crippen molar-refractivity contribution in [2.24, 2.45) is 5.10 Å². The normalized spacial score (nSPS) is 12.3. The molecular formula is C19H15BrClN3O2. The Hall–Kier alpha value is -2.44. The minimum absolute atomic E-state index is 0.320. The molecule has 0 bridgehead atoms. The highest BCUT2D eigenvalue weighted by molar-refractivity contribution is 9.10. The Kier molecular flexibility index (Phi) is 5.85. The Morgan fingerprint density at radius 3 is 2.77 bits per heavy atom. The number of rotatable bonds is 5. The number of ether oxygens (including phenoxy) is 1. The molecule has 1 atom stereocenters. The highest BCUT2D eigenvalue weighted by Crippen LogP contribution is 2.19. The molecule has 0 fully saturated rings. The molecule has 0 aliphatic heterocycles. The van der Waals surface area contributed by atoms with Gasteiger partial charge in [-0.15, -0.1) is 0 Å². The monoisotopic (exact) mass is 431 g/mol. The molecule has 3 aromatic rings. The summed E-state index contributed by atoms with van der Waals surface area (Å²) in [5.74, 6) is 0.232. The molecule has 3 rings (SSSR count). The van der Waals surface area contributed by atoms with E-state index in [2.05, 4.69) is 31.4 Å². The number of benzene rings is 2. The Labute approximate surface area is 164 Å². The molecule has 0 saturated carbocycles. The quantitative estimate of drug-likeness (QED) is 0.365. The summed E-state index contributed by atoms with van der Waals surface area (Å²) < 4.78 is 6.51. The average Bonchev–Trinajstić information content (AvgIpc) is 2.63. The fraction of sp³-hybridized carbons (Fsp3) is 0.105. The Morgan fingerprint density at radius 1 is 1.27 bits per heavy atom. The van der Waals surface area contributed by atoms with E-state index in [1.54, 1.807) is 19.1 Å². The lowest BCUT2D eigenvalue weighted by atomic mass is 10.2. The van der Waals surface area contributed by atoms with Crippen molar-refractivity contribution in [2.45, 2.75) is 13.0 Å². The first-order valence-electron chi connectivity index (χ1n) is 7.83. The van der Waals surface area contributed by atoms with Crippen LogP contribution in [-0.2, 0) is 4.79 Å². The van der Waals surface area contributed by atoms with Crippen molar-refractivity contribution in [2.75, 3.05) is 0 Å². The van der Waals surface area contributed by atoms with Gasteiger partial charge >= 0.3 is 0 Å². The third-order valence-corrected chi connectivity index (χ3v) is 4.41. The van der Waals surface area contributed by atoms with Crippen LogP contribution in [-0.4, -0.2) is 23.2 Å². The molecular weight excluding hydrogens is 418 g/mol. The molecule has 0 aliphatic carbocycles. The van der Waals surface area contributed by atoms with E-state index in [0.29, 0.717) is 16.5 Å². The number of aromatic nitrogens is 1. The van der Waals surface area contributed by atoms with Gasteiger partial charge in [0.15, 0.2) is 6.10 Å². The molecule has 1 heterocycles. The number of halogens is 2. The Balaban J connectivity index is 1.63. The molecule has 2 aromatic carbocycles. The molecule has 1 unspecified atom stereocenters. The number of fused-ring (bicyclic) bond motifs is 1. The molecule has 0 aliphatic rings. The van der Waals surface area contributed by atoms with Gasteiger partial charge < -0.3 is 4.74 Å². The van der Waals surface area contributed by atoms with E-state index >= 15 is 0 Å². The van der Waals surface area contributed by atoms with Crippen molar-refractivity contribution in [3.05, 3.63) is 69.8 Å². The van der Waals surface area contributed by atoms with Gasteiger partial charge in [-0.2, -0.15) is 5.10 Å². The van der Waals surface area contributed by atoms with E-state index in [9.17, 15) is 4.79 Å². The van der Waals surface area contributed by atoms with E-state index in [1.807, 2.05) is 42.5 Å². The zero-order valence-electron chi connectivity index (χ0n) is 13.8. The van der Waals surface area contributed by atoms with Gasteiger partial charge in [-0.3, -0.25) is 4.79 Å². The number of carbonyl (C=O) groups excluding carboxylic acids is 1. The number of amides is 1. The number of pyridine rings is 1. The molecule has 1 amide bonds. The average molecular weight is 433 g/mol. The minimum Gasteiger partial charge on any atom is -0.481 e. The largest absolute Gasteiger partial charge is 0.481 e. The van der Waals surface area contributed by atoms with Gasteiger partial charge in [-0.1, -0.05) is 45.7 Å². The summed E-state index contributed by atoms with van der Waals surface area (Å²) in [7, 11) is 0. The number of hydrogen-bond acceptors (Lipinski definition) is 4. The molecule has 1 aromatic heterocycles. The summed E-state index contributed by atoms with van der Waals surface area (Å²) in [5, 5.41) is 5.21. The van der Waals surface area contributed by atoms with Crippen molar-refractivity contribution in [3.63, 3.8) is 0 Å². The standard InChI is InChI=1S/C19H15BrClN3O2/c1-12(26-16-8-6-15(20)7-9-16)19(25)24-22-11-14-10-13-4-2-3-5-17(13)23-18(14)21/h2-12H,1H3,(H,24,25). The van der Waals surface area contributed by atoms with Gasteiger partial charge in [-0.25, -0.2) is 10.4 Å². The van der Waals surface area contributed by atoms with E-state index in [4.69, 9.17) is 16.3 Å². The Morgan fingerprint density at radius 2 is 2.00 bits per heavy atom. The van der Waals surface area contributed by atoms with Crippen molar-refractivity contribution in [1.82, 2.24) is 10.4 Å².